The van der Waals surface area contributed by atoms with Crippen LogP contribution in [0.15, 0.2) is 0 Å². The summed E-state index contributed by atoms with van der Waals surface area (Å²) < 4.78 is 48.3. The first kappa shape index (κ1) is 47.6. The van der Waals surface area contributed by atoms with Crippen molar-refractivity contribution in [2.24, 2.45) is 41.4 Å². The standard InChI is InChI=1S/C40H70O15/c1-18-16-39(10,47)34(43)22(5)29(37(46)49-13)21(4)32(20(3)25(8)41)54-36(45)24(7)33(53-28-17-40(11,50-14)35(44)26(9)52-28)23(6)31(18)55-38-30(42)27(48-12)15-19(2)51-38/h18-33,35,38,41-42,44,47H,15-17H2,1-14H3. The minimum absolute atomic E-state index is 0.0964. The maximum absolute atomic E-state index is 14.5. The molecular weight excluding hydrogens is 720 g/mol. The van der Waals surface area contributed by atoms with E-state index in [1.54, 1.807) is 55.4 Å². The van der Waals surface area contributed by atoms with Crippen molar-refractivity contribution < 1.29 is 72.7 Å². The molecule has 0 bridgehead atoms. The fraction of sp³-hybridized carbons (Fsp3) is 0.925. The molecule has 3 aliphatic heterocycles. The minimum atomic E-state index is -1.99. The van der Waals surface area contributed by atoms with Gasteiger partial charge in [-0.25, -0.2) is 0 Å². The molecule has 55 heavy (non-hydrogen) atoms. The third kappa shape index (κ3) is 10.6. The van der Waals surface area contributed by atoms with Gasteiger partial charge in [0, 0.05) is 50.7 Å². The van der Waals surface area contributed by atoms with Gasteiger partial charge in [0.05, 0.1) is 61.2 Å². The van der Waals surface area contributed by atoms with Gasteiger partial charge in [0.1, 0.15) is 23.9 Å². The molecular formula is C40H70O15. The van der Waals surface area contributed by atoms with Crippen LogP contribution in [0.4, 0.5) is 0 Å². The van der Waals surface area contributed by atoms with Gasteiger partial charge in [-0.2, -0.15) is 0 Å². The Balaban J connectivity index is 2.25. The maximum Gasteiger partial charge on any atom is 0.311 e. The normalized spacial score (nSPS) is 46.6. The Labute approximate surface area is 327 Å². The molecule has 4 N–H and O–H groups in total. The van der Waals surface area contributed by atoms with Gasteiger partial charge in [0.2, 0.25) is 0 Å². The second-order valence-corrected chi connectivity index (χ2v) is 17.1. The maximum atomic E-state index is 14.5. The second-order valence-electron chi connectivity index (χ2n) is 17.1. The van der Waals surface area contributed by atoms with Crippen molar-refractivity contribution in [2.75, 3.05) is 21.3 Å². The lowest BCUT2D eigenvalue weighted by Gasteiger charge is -2.47. The van der Waals surface area contributed by atoms with E-state index < -0.39 is 132 Å². The number of aliphatic hydroxyl groups excluding tert-OH is 3. The number of hydrogen-bond donors (Lipinski definition) is 4. The monoisotopic (exact) mass is 790 g/mol. The summed E-state index contributed by atoms with van der Waals surface area (Å²) in [5.41, 5.74) is -3.05. The lowest BCUT2D eigenvalue weighted by Crippen LogP contribution is -2.58. The van der Waals surface area contributed by atoms with E-state index in [4.69, 9.17) is 37.9 Å². The quantitative estimate of drug-likeness (QED) is 0.248. The van der Waals surface area contributed by atoms with Gasteiger partial charge in [0.15, 0.2) is 18.4 Å². The molecule has 3 saturated heterocycles. The summed E-state index contributed by atoms with van der Waals surface area (Å²) in [6.07, 6.45) is -9.70. The zero-order valence-corrected chi connectivity index (χ0v) is 35.3. The van der Waals surface area contributed by atoms with E-state index in [1.165, 1.54) is 35.2 Å². The van der Waals surface area contributed by atoms with Gasteiger partial charge in [-0.05, 0) is 53.9 Å². The molecule has 0 amide bonds. The van der Waals surface area contributed by atoms with Gasteiger partial charge in [-0.15, -0.1) is 0 Å². The van der Waals surface area contributed by atoms with Crippen LogP contribution in [0.1, 0.15) is 95.4 Å². The predicted molar refractivity (Wildman–Crippen MR) is 198 cm³/mol. The molecule has 0 spiro atoms. The van der Waals surface area contributed by atoms with Crippen molar-refractivity contribution in [1.82, 2.24) is 0 Å². The van der Waals surface area contributed by atoms with Crippen LogP contribution in [0.3, 0.4) is 0 Å². The summed E-state index contributed by atoms with van der Waals surface area (Å²) in [4.78, 5) is 42.3. The van der Waals surface area contributed by atoms with Crippen LogP contribution in [0.2, 0.25) is 0 Å². The number of ketones is 1. The van der Waals surface area contributed by atoms with E-state index in [-0.39, 0.29) is 18.9 Å². The van der Waals surface area contributed by atoms with E-state index in [1.807, 2.05) is 6.92 Å². The third-order valence-electron chi connectivity index (χ3n) is 12.7. The highest BCUT2D eigenvalue weighted by molar-refractivity contribution is 5.92. The van der Waals surface area contributed by atoms with Crippen LogP contribution >= 0.6 is 0 Å². The highest BCUT2D eigenvalue weighted by atomic mass is 16.7. The molecule has 0 saturated carbocycles. The SMILES string of the molecule is COC(=O)C1C(C)C(=O)C(C)(O)CC(C)C(OC2OC(C)CC(OC)C2O)C(C)C(OC2CC(C)(OC)C(O)C(C)O2)C(C)C(=O)OC(C(C)C(C)O)C1C. The highest BCUT2D eigenvalue weighted by Gasteiger charge is 2.52. The van der Waals surface area contributed by atoms with E-state index >= 15 is 0 Å². The highest BCUT2D eigenvalue weighted by Crippen LogP contribution is 2.41. The number of Topliss-reactive ketones (excluding diaryl/α,β-unsaturated/α-hetero) is 1. The number of carbonyl (C=O) groups excluding carboxylic acids is 3. The summed E-state index contributed by atoms with van der Waals surface area (Å²) >= 11 is 0. The first-order valence-corrected chi connectivity index (χ1v) is 19.7. The van der Waals surface area contributed by atoms with Gasteiger partial charge in [-0.1, -0.05) is 34.6 Å². The summed E-state index contributed by atoms with van der Waals surface area (Å²) in [6, 6.07) is 0. The Hall–Kier alpha value is -1.79. The molecule has 15 nitrogen and oxygen atoms in total. The third-order valence-corrected chi connectivity index (χ3v) is 12.7. The summed E-state index contributed by atoms with van der Waals surface area (Å²) in [7, 11) is 4.17. The summed E-state index contributed by atoms with van der Waals surface area (Å²) in [5.74, 6) is -8.30. The van der Waals surface area contributed by atoms with E-state index in [9.17, 15) is 34.8 Å². The van der Waals surface area contributed by atoms with Crippen molar-refractivity contribution in [2.45, 2.75) is 174 Å². The van der Waals surface area contributed by atoms with Crippen molar-refractivity contribution in [3.05, 3.63) is 0 Å². The number of cyclic esters (lactones) is 1. The van der Waals surface area contributed by atoms with Crippen LogP contribution in [-0.2, 0) is 52.3 Å². The molecule has 0 aliphatic carbocycles. The molecule has 20 unspecified atom stereocenters. The Morgan fingerprint density at radius 1 is 0.873 bits per heavy atom. The Morgan fingerprint density at radius 3 is 2.04 bits per heavy atom. The van der Waals surface area contributed by atoms with Crippen LogP contribution in [0.25, 0.3) is 0 Å². The minimum Gasteiger partial charge on any atom is -0.469 e. The number of hydrogen-bond acceptors (Lipinski definition) is 15. The van der Waals surface area contributed by atoms with Gasteiger partial charge >= 0.3 is 11.9 Å². The van der Waals surface area contributed by atoms with E-state index in [0.717, 1.165) is 0 Å². The van der Waals surface area contributed by atoms with Crippen molar-refractivity contribution in [3.63, 3.8) is 0 Å². The smallest absolute Gasteiger partial charge is 0.311 e. The molecule has 3 fully saturated rings. The van der Waals surface area contributed by atoms with Gasteiger partial charge < -0.3 is 58.3 Å². The number of ether oxygens (including phenoxy) is 8. The van der Waals surface area contributed by atoms with Crippen LogP contribution in [0.5, 0.6) is 0 Å². The molecule has 3 aliphatic rings. The van der Waals surface area contributed by atoms with Crippen LogP contribution < -0.4 is 0 Å². The van der Waals surface area contributed by atoms with E-state index in [2.05, 4.69) is 0 Å². The Morgan fingerprint density at radius 2 is 1.49 bits per heavy atom. The molecule has 320 valence electrons. The lowest BCUT2D eigenvalue weighted by molar-refractivity contribution is -0.312. The molecule has 15 heteroatoms. The van der Waals surface area contributed by atoms with Crippen LogP contribution in [-0.4, -0.2) is 138 Å². The number of carbonyl (C=O) groups is 3. The molecule has 0 radical (unpaired) electrons. The van der Waals surface area contributed by atoms with E-state index in [0.29, 0.717) is 6.42 Å². The summed E-state index contributed by atoms with van der Waals surface area (Å²) in [6.45, 7) is 18.3. The Bertz CT molecular complexity index is 1280. The number of esters is 2. The molecule has 3 rings (SSSR count). The van der Waals surface area contributed by atoms with Gasteiger partial charge in [0.25, 0.3) is 0 Å². The number of aliphatic hydroxyl groups is 4. The summed E-state index contributed by atoms with van der Waals surface area (Å²) in [5, 5.41) is 45.0. The zero-order chi connectivity index (χ0) is 41.9. The molecule has 20 atom stereocenters. The topological polar surface area (TPSA) is 206 Å². The molecule has 0 aromatic heterocycles. The lowest BCUT2D eigenvalue weighted by atomic mass is 9.70. The van der Waals surface area contributed by atoms with Crippen molar-refractivity contribution >= 4 is 17.7 Å². The Kier molecular flexibility index (Phi) is 16.7. The van der Waals surface area contributed by atoms with Crippen molar-refractivity contribution in [3.8, 4) is 0 Å². The number of rotatable bonds is 9. The average molecular weight is 791 g/mol. The fourth-order valence-electron chi connectivity index (χ4n) is 9.00. The fourth-order valence-corrected chi connectivity index (χ4v) is 9.00. The second kappa shape index (κ2) is 19.3. The molecule has 0 aromatic carbocycles. The largest absolute Gasteiger partial charge is 0.469 e. The number of methoxy groups -OCH3 is 3. The molecule has 0 aromatic rings. The van der Waals surface area contributed by atoms with Crippen LogP contribution in [0, 0.1) is 41.4 Å². The van der Waals surface area contributed by atoms with Crippen molar-refractivity contribution in [1.29, 1.82) is 0 Å². The van der Waals surface area contributed by atoms with Gasteiger partial charge in [-0.3, -0.25) is 14.4 Å². The zero-order valence-electron chi connectivity index (χ0n) is 35.3. The molecule has 3 heterocycles. The average Bonchev–Trinajstić information content (AvgIpc) is 3.12. The first-order chi connectivity index (χ1) is 25.5. The predicted octanol–water partition coefficient (Wildman–Crippen LogP) is 2.79. The first-order valence-electron chi connectivity index (χ1n) is 19.7.